The Morgan fingerprint density at radius 3 is 1.67 bits per heavy atom. The predicted octanol–water partition coefficient (Wildman–Crippen LogP) is -1.68. The molecule has 1 heterocycles. The summed E-state index contributed by atoms with van der Waals surface area (Å²) in [5, 5.41) is 30.6. The van der Waals surface area contributed by atoms with E-state index in [1.165, 1.54) is 6.92 Å². The zero-order chi connectivity index (χ0) is 14.5. The highest BCUT2D eigenvalue weighted by Crippen LogP contribution is 2.47. The third kappa shape index (κ3) is 1.36. The molecule has 3 N–H and O–H groups in total. The van der Waals surface area contributed by atoms with Crippen LogP contribution in [0.5, 0.6) is 0 Å². The van der Waals surface area contributed by atoms with E-state index in [0.29, 0.717) is 0 Å². The number of carbonyl (C=O) groups excluding carboxylic acids is 3. The lowest BCUT2D eigenvalue weighted by atomic mass is 9.71. The van der Waals surface area contributed by atoms with Crippen LogP contribution in [0, 0.1) is 0 Å². The third-order valence-electron chi connectivity index (χ3n) is 3.50. The molecule has 0 saturated carbocycles. The average Bonchev–Trinajstić information content (AvgIpc) is 2.40. The van der Waals surface area contributed by atoms with Gasteiger partial charge in [0.05, 0.1) is 6.10 Å². The number of aliphatic hydroxyl groups is 3. The highest BCUT2D eigenvalue weighted by molar-refractivity contribution is 6.04. The van der Waals surface area contributed by atoms with Crippen LogP contribution in [0.4, 0.5) is 0 Å². The van der Waals surface area contributed by atoms with Gasteiger partial charge in [-0.3, -0.25) is 14.4 Å². The minimum atomic E-state index is -3.03. The lowest BCUT2D eigenvalue weighted by Crippen LogP contribution is -2.72. The zero-order valence-corrected chi connectivity index (χ0v) is 10.6. The second kappa shape index (κ2) is 3.92. The number of hydrogen-bond acceptors (Lipinski definition) is 7. The van der Waals surface area contributed by atoms with Gasteiger partial charge >= 0.3 is 0 Å². The Balaban J connectivity index is 3.63. The Bertz CT molecular complexity index is 431. The topological polar surface area (TPSA) is 121 Å². The van der Waals surface area contributed by atoms with Crippen molar-refractivity contribution in [1.82, 2.24) is 0 Å². The molecule has 1 aliphatic heterocycles. The number of Topliss-reactive ketones (excluding diaryl/α,β-unsaturated/α-hetero) is 3. The van der Waals surface area contributed by atoms with E-state index in [1.54, 1.807) is 0 Å². The Morgan fingerprint density at radius 1 is 0.944 bits per heavy atom. The Morgan fingerprint density at radius 2 is 1.39 bits per heavy atom. The van der Waals surface area contributed by atoms with E-state index in [4.69, 9.17) is 4.74 Å². The fourth-order valence-electron chi connectivity index (χ4n) is 2.36. The first-order chi connectivity index (χ1) is 7.96. The molecule has 0 aromatic rings. The molecule has 7 nitrogen and oxygen atoms in total. The van der Waals surface area contributed by atoms with Crippen molar-refractivity contribution in [2.24, 2.45) is 0 Å². The molecule has 7 heteroatoms. The molecular formula is C11H16O7. The van der Waals surface area contributed by atoms with Crippen molar-refractivity contribution in [3.05, 3.63) is 0 Å². The highest BCUT2D eigenvalue weighted by atomic mass is 16.7. The highest BCUT2D eigenvalue weighted by Gasteiger charge is 2.78. The van der Waals surface area contributed by atoms with Gasteiger partial charge in [0.15, 0.2) is 23.0 Å². The first kappa shape index (κ1) is 14.9. The molecule has 0 aromatic carbocycles. The number of ketones is 3. The second-order valence-electron chi connectivity index (χ2n) is 4.55. The van der Waals surface area contributed by atoms with Crippen LogP contribution in [-0.4, -0.2) is 55.8 Å². The van der Waals surface area contributed by atoms with Crippen LogP contribution in [-0.2, 0) is 19.1 Å². The van der Waals surface area contributed by atoms with Crippen molar-refractivity contribution in [3.8, 4) is 0 Å². The van der Waals surface area contributed by atoms with Crippen LogP contribution in [0.2, 0.25) is 0 Å². The molecule has 1 saturated heterocycles. The summed E-state index contributed by atoms with van der Waals surface area (Å²) in [5.74, 6) is -6.14. The normalized spacial score (nSPS) is 43.8. The fraction of sp³-hybridized carbons (Fsp3) is 0.727. The number of rotatable bonds is 3. The van der Waals surface area contributed by atoms with E-state index in [-0.39, 0.29) is 0 Å². The smallest absolute Gasteiger partial charge is 0.267 e. The van der Waals surface area contributed by atoms with Crippen molar-refractivity contribution >= 4 is 17.3 Å². The van der Waals surface area contributed by atoms with Gasteiger partial charge in [-0.25, -0.2) is 0 Å². The molecule has 0 radical (unpaired) electrons. The van der Waals surface area contributed by atoms with Gasteiger partial charge in [-0.1, -0.05) is 0 Å². The van der Waals surface area contributed by atoms with Crippen LogP contribution in [0.15, 0.2) is 0 Å². The summed E-state index contributed by atoms with van der Waals surface area (Å²) < 4.78 is 4.83. The predicted molar refractivity (Wildman–Crippen MR) is 57.4 cm³/mol. The van der Waals surface area contributed by atoms with Gasteiger partial charge in [0.1, 0.15) is 0 Å². The minimum absolute atomic E-state index is 0.850. The van der Waals surface area contributed by atoms with Gasteiger partial charge in [-0.05, 0) is 20.8 Å². The monoisotopic (exact) mass is 260 g/mol. The number of hydrogen-bond donors (Lipinski definition) is 3. The van der Waals surface area contributed by atoms with Gasteiger partial charge in [0.25, 0.3) is 5.79 Å². The van der Waals surface area contributed by atoms with Gasteiger partial charge in [0, 0.05) is 6.92 Å². The molecule has 18 heavy (non-hydrogen) atoms. The Kier molecular flexibility index (Phi) is 3.25. The molecule has 1 fully saturated rings. The summed E-state index contributed by atoms with van der Waals surface area (Å²) in [6.45, 7) is 3.84. The lowest BCUT2D eigenvalue weighted by Gasteiger charge is -2.38. The maximum Gasteiger partial charge on any atom is 0.267 e. The van der Waals surface area contributed by atoms with Crippen molar-refractivity contribution in [3.63, 3.8) is 0 Å². The SMILES string of the molecule is CC(=O)[C@]1(O)[C@](O)(C(C)=O)O[C@H](C)[C@]1(O)C(C)=O. The molecule has 1 aliphatic rings. The molecule has 102 valence electrons. The largest absolute Gasteiger partial charge is 0.376 e. The molecule has 0 amide bonds. The van der Waals surface area contributed by atoms with E-state index in [2.05, 4.69) is 0 Å². The van der Waals surface area contributed by atoms with Gasteiger partial charge < -0.3 is 20.1 Å². The van der Waals surface area contributed by atoms with Gasteiger partial charge in [0.2, 0.25) is 5.60 Å². The summed E-state index contributed by atoms with van der Waals surface area (Å²) in [7, 11) is 0. The van der Waals surface area contributed by atoms with Crippen LogP contribution < -0.4 is 0 Å². The maximum atomic E-state index is 11.6. The Hall–Kier alpha value is -1.15. The molecule has 0 spiro atoms. The van der Waals surface area contributed by atoms with Gasteiger partial charge in [-0.2, -0.15) is 0 Å². The zero-order valence-electron chi connectivity index (χ0n) is 10.6. The van der Waals surface area contributed by atoms with Crippen LogP contribution >= 0.6 is 0 Å². The maximum absolute atomic E-state index is 11.6. The average molecular weight is 260 g/mol. The first-order valence-corrected chi connectivity index (χ1v) is 5.34. The summed E-state index contributed by atoms with van der Waals surface area (Å²) in [6.07, 6.45) is -1.42. The molecular weight excluding hydrogens is 244 g/mol. The summed E-state index contributed by atoms with van der Waals surface area (Å²) >= 11 is 0. The fourth-order valence-corrected chi connectivity index (χ4v) is 2.36. The van der Waals surface area contributed by atoms with Crippen LogP contribution in [0.25, 0.3) is 0 Å². The molecule has 0 aliphatic carbocycles. The second-order valence-corrected chi connectivity index (χ2v) is 4.55. The molecule has 1 rings (SSSR count). The summed E-state index contributed by atoms with van der Waals surface area (Å²) in [4.78, 5) is 34.6. The minimum Gasteiger partial charge on any atom is -0.376 e. The van der Waals surface area contributed by atoms with Crippen LogP contribution in [0.1, 0.15) is 27.7 Å². The third-order valence-corrected chi connectivity index (χ3v) is 3.50. The van der Waals surface area contributed by atoms with Crippen LogP contribution in [0.3, 0.4) is 0 Å². The van der Waals surface area contributed by atoms with Crippen molar-refractivity contribution in [1.29, 1.82) is 0 Å². The van der Waals surface area contributed by atoms with Crippen molar-refractivity contribution in [2.75, 3.05) is 0 Å². The summed E-state index contributed by atoms with van der Waals surface area (Å²) in [6, 6.07) is 0. The summed E-state index contributed by atoms with van der Waals surface area (Å²) in [5.41, 5.74) is -5.71. The van der Waals surface area contributed by atoms with E-state index < -0.39 is 40.4 Å². The van der Waals surface area contributed by atoms with Gasteiger partial charge in [-0.15, -0.1) is 0 Å². The standard InChI is InChI=1S/C11H16O7/c1-5(12)9(15)8(4)18-11(17,7(3)14)10(9,16)6(2)13/h8,15-17H,1-4H3/t8-,9-,10-,11+/m1/s1. The molecule has 0 aromatic heterocycles. The quantitative estimate of drug-likeness (QED) is 0.554. The van der Waals surface area contributed by atoms with E-state index >= 15 is 0 Å². The molecule has 0 bridgehead atoms. The lowest BCUT2D eigenvalue weighted by molar-refractivity contribution is -0.248. The van der Waals surface area contributed by atoms with Crippen molar-refractivity contribution in [2.45, 2.75) is 50.8 Å². The molecule has 4 atom stereocenters. The Labute approximate surface area is 103 Å². The first-order valence-electron chi connectivity index (χ1n) is 5.34. The number of carbonyl (C=O) groups is 3. The van der Waals surface area contributed by atoms with E-state index in [9.17, 15) is 29.7 Å². The molecule has 0 unspecified atom stereocenters. The van der Waals surface area contributed by atoms with Crippen molar-refractivity contribution < 1.29 is 34.4 Å². The van der Waals surface area contributed by atoms with E-state index in [1.807, 2.05) is 0 Å². The number of ether oxygens (including phenoxy) is 1. The van der Waals surface area contributed by atoms with E-state index in [0.717, 1.165) is 20.8 Å².